The van der Waals surface area contributed by atoms with E-state index in [0.29, 0.717) is 13.2 Å². The molecule has 2 aromatic heterocycles. The normalized spacial score (nSPS) is 24.3. The molecule has 2 unspecified atom stereocenters. The number of fused-ring (bicyclic) bond motifs is 2. The summed E-state index contributed by atoms with van der Waals surface area (Å²) in [5.41, 5.74) is 4.43. The lowest BCUT2D eigenvalue weighted by molar-refractivity contribution is 0.182. The van der Waals surface area contributed by atoms with Gasteiger partial charge in [0.25, 0.3) is 5.56 Å². The van der Waals surface area contributed by atoms with Crippen molar-refractivity contribution < 1.29 is 4.74 Å². The lowest BCUT2D eigenvalue weighted by Crippen LogP contribution is -2.38. The minimum Gasteiger partial charge on any atom is -0.377 e. The number of rotatable bonds is 3. The van der Waals surface area contributed by atoms with E-state index in [0.717, 1.165) is 58.6 Å². The molecule has 3 aliphatic heterocycles. The summed E-state index contributed by atoms with van der Waals surface area (Å²) in [6, 6.07) is 3.66. The van der Waals surface area contributed by atoms with E-state index in [4.69, 9.17) is 4.74 Å². The summed E-state index contributed by atoms with van der Waals surface area (Å²) in [4.78, 5) is 12.6. The predicted octanol–water partition coefficient (Wildman–Crippen LogP) is 1.66. The molecule has 0 saturated carbocycles. The van der Waals surface area contributed by atoms with Crippen LogP contribution in [0.3, 0.4) is 0 Å². The SMILES string of the molecule is O=c1cc2c(nn1C1COCC1Nc1cc3c(nn1)CCSC3)CCSC2. The summed E-state index contributed by atoms with van der Waals surface area (Å²) in [7, 11) is 0. The molecule has 1 saturated heterocycles. The Balaban J connectivity index is 1.40. The molecule has 1 fully saturated rings. The van der Waals surface area contributed by atoms with Gasteiger partial charge in [-0.1, -0.05) is 0 Å². The molecule has 27 heavy (non-hydrogen) atoms. The topological polar surface area (TPSA) is 81.9 Å². The Morgan fingerprint density at radius 1 is 1.04 bits per heavy atom. The monoisotopic (exact) mass is 403 g/mol. The van der Waals surface area contributed by atoms with Gasteiger partial charge in [-0.25, -0.2) is 4.68 Å². The third kappa shape index (κ3) is 3.48. The van der Waals surface area contributed by atoms with Crippen molar-refractivity contribution >= 4 is 29.3 Å². The zero-order valence-electron chi connectivity index (χ0n) is 14.9. The van der Waals surface area contributed by atoms with Gasteiger partial charge in [0.2, 0.25) is 0 Å². The average Bonchev–Trinajstić information content (AvgIpc) is 3.15. The van der Waals surface area contributed by atoms with E-state index >= 15 is 0 Å². The number of hydrogen-bond donors (Lipinski definition) is 1. The van der Waals surface area contributed by atoms with Crippen LogP contribution in [-0.4, -0.2) is 50.7 Å². The maximum atomic E-state index is 12.6. The van der Waals surface area contributed by atoms with E-state index in [-0.39, 0.29) is 17.6 Å². The molecule has 142 valence electrons. The Kier molecular flexibility index (Phi) is 4.83. The van der Waals surface area contributed by atoms with Crippen LogP contribution in [0.25, 0.3) is 0 Å². The molecule has 0 aliphatic carbocycles. The second-order valence-electron chi connectivity index (χ2n) is 7.06. The number of aromatic nitrogens is 4. The molecule has 0 radical (unpaired) electrons. The van der Waals surface area contributed by atoms with Crippen LogP contribution in [0.5, 0.6) is 0 Å². The fraction of sp³-hybridized carbons (Fsp3) is 0.556. The first-order valence-corrected chi connectivity index (χ1v) is 11.6. The Bertz CT molecular complexity index is 919. The molecule has 1 N–H and O–H groups in total. The largest absolute Gasteiger partial charge is 0.377 e. The number of aryl methyl sites for hydroxylation is 2. The van der Waals surface area contributed by atoms with Crippen molar-refractivity contribution in [1.82, 2.24) is 20.0 Å². The highest BCUT2D eigenvalue weighted by atomic mass is 32.2. The second-order valence-corrected chi connectivity index (χ2v) is 9.27. The Morgan fingerprint density at radius 3 is 2.67 bits per heavy atom. The van der Waals surface area contributed by atoms with Crippen molar-refractivity contribution in [1.29, 1.82) is 0 Å². The van der Waals surface area contributed by atoms with E-state index in [1.54, 1.807) is 10.7 Å². The zero-order chi connectivity index (χ0) is 18.2. The number of nitrogens with one attached hydrogen (secondary N) is 1. The van der Waals surface area contributed by atoms with Crippen molar-refractivity contribution in [2.75, 3.05) is 30.0 Å². The van der Waals surface area contributed by atoms with Gasteiger partial charge in [-0.2, -0.15) is 33.7 Å². The maximum absolute atomic E-state index is 12.6. The first-order valence-electron chi connectivity index (χ1n) is 9.25. The van der Waals surface area contributed by atoms with Crippen LogP contribution >= 0.6 is 23.5 Å². The molecule has 0 amide bonds. The molecule has 9 heteroatoms. The lowest BCUT2D eigenvalue weighted by atomic mass is 10.1. The third-order valence-electron chi connectivity index (χ3n) is 5.26. The highest BCUT2D eigenvalue weighted by molar-refractivity contribution is 7.98. The van der Waals surface area contributed by atoms with Gasteiger partial charge in [0.15, 0.2) is 0 Å². The Morgan fingerprint density at radius 2 is 1.81 bits per heavy atom. The molecular weight excluding hydrogens is 382 g/mol. The molecule has 3 aliphatic rings. The van der Waals surface area contributed by atoms with Crippen molar-refractivity contribution in [3.05, 3.63) is 45.0 Å². The number of hydrogen-bond acceptors (Lipinski definition) is 8. The molecular formula is C18H21N5O2S2. The molecule has 7 nitrogen and oxygen atoms in total. The van der Waals surface area contributed by atoms with Crippen LogP contribution < -0.4 is 10.9 Å². The molecule has 2 atom stereocenters. The zero-order valence-corrected chi connectivity index (χ0v) is 16.5. The van der Waals surface area contributed by atoms with E-state index in [9.17, 15) is 4.79 Å². The first kappa shape index (κ1) is 17.5. The van der Waals surface area contributed by atoms with Crippen molar-refractivity contribution in [2.45, 2.75) is 36.4 Å². The van der Waals surface area contributed by atoms with E-state index < -0.39 is 0 Å². The van der Waals surface area contributed by atoms with Crippen LogP contribution in [-0.2, 0) is 29.1 Å². The van der Waals surface area contributed by atoms with E-state index in [2.05, 4.69) is 26.7 Å². The van der Waals surface area contributed by atoms with Gasteiger partial charge < -0.3 is 10.1 Å². The number of thioether (sulfide) groups is 2. The fourth-order valence-electron chi connectivity index (χ4n) is 3.79. The van der Waals surface area contributed by atoms with Gasteiger partial charge in [0.1, 0.15) is 11.9 Å². The lowest BCUT2D eigenvalue weighted by Gasteiger charge is -2.23. The molecule has 0 spiro atoms. The summed E-state index contributed by atoms with van der Waals surface area (Å²) in [6.07, 6.45) is 1.90. The van der Waals surface area contributed by atoms with Crippen LogP contribution in [0.1, 0.15) is 28.6 Å². The van der Waals surface area contributed by atoms with Crippen molar-refractivity contribution in [3.63, 3.8) is 0 Å². The molecule has 0 bridgehead atoms. The Labute approximate surface area is 165 Å². The first-order chi connectivity index (χ1) is 13.3. The van der Waals surface area contributed by atoms with Gasteiger partial charge in [-0.3, -0.25) is 4.79 Å². The second kappa shape index (κ2) is 7.44. The summed E-state index contributed by atoms with van der Waals surface area (Å²) in [6.45, 7) is 1.01. The van der Waals surface area contributed by atoms with E-state index in [1.165, 1.54) is 5.56 Å². The smallest absolute Gasteiger partial charge is 0.267 e. The van der Waals surface area contributed by atoms with Crippen LogP contribution in [0.15, 0.2) is 16.9 Å². The minimum atomic E-state index is -0.135. The maximum Gasteiger partial charge on any atom is 0.267 e. The number of nitrogens with zero attached hydrogens (tertiary/aromatic N) is 4. The number of ether oxygens (including phenoxy) is 1. The average molecular weight is 404 g/mol. The molecule has 5 rings (SSSR count). The highest BCUT2D eigenvalue weighted by Gasteiger charge is 2.32. The van der Waals surface area contributed by atoms with Crippen LogP contribution in [0.4, 0.5) is 5.82 Å². The highest BCUT2D eigenvalue weighted by Crippen LogP contribution is 2.27. The third-order valence-corrected chi connectivity index (χ3v) is 7.28. The standard InChI is InChI=1S/C18H21N5O2S2/c24-18-6-12-10-27-4-2-14(12)22-23(18)16-8-25-7-15(16)19-17-5-11-9-26-3-1-13(11)20-21-17/h5-6,15-16H,1-4,7-10H2,(H,19,21). The molecule has 0 aromatic carbocycles. The van der Waals surface area contributed by atoms with Gasteiger partial charge in [-0.15, -0.1) is 5.10 Å². The minimum absolute atomic E-state index is 0.0465. The van der Waals surface area contributed by atoms with E-state index in [1.807, 2.05) is 23.5 Å². The van der Waals surface area contributed by atoms with Crippen LogP contribution in [0, 0.1) is 0 Å². The summed E-state index contributed by atoms with van der Waals surface area (Å²) in [5, 5.41) is 16.8. The molecule has 5 heterocycles. The van der Waals surface area contributed by atoms with Crippen molar-refractivity contribution in [2.24, 2.45) is 0 Å². The van der Waals surface area contributed by atoms with Crippen LogP contribution in [0.2, 0.25) is 0 Å². The van der Waals surface area contributed by atoms with Gasteiger partial charge >= 0.3 is 0 Å². The predicted molar refractivity (Wildman–Crippen MR) is 108 cm³/mol. The quantitative estimate of drug-likeness (QED) is 0.829. The van der Waals surface area contributed by atoms with Gasteiger partial charge in [0.05, 0.1) is 30.6 Å². The fourth-order valence-corrected chi connectivity index (χ4v) is 5.69. The summed E-state index contributed by atoms with van der Waals surface area (Å²) < 4.78 is 7.30. The summed E-state index contributed by atoms with van der Waals surface area (Å²) >= 11 is 3.78. The van der Waals surface area contributed by atoms with Gasteiger partial charge in [0, 0.05) is 30.4 Å². The Hall–Kier alpha value is -1.58. The summed E-state index contributed by atoms with van der Waals surface area (Å²) in [5.74, 6) is 4.78. The van der Waals surface area contributed by atoms with Crippen molar-refractivity contribution in [3.8, 4) is 0 Å². The van der Waals surface area contributed by atoms with Gasteiger partial charge in [-0.05, 0) is 28.7 Å². The molecule has 2 aromatic rings. The number of anilines is 1.